The highest BCUT2D eigenvalue weighted by Gasteiger charge is 2.52. The molecule has 0 atom stereocenters. The summed E-state index contributed by atoms with van der Waals surface area (Å²) in [6, 6.07) is 123. The van der Waals surface area contributed by atoms with Gasteiger partial charge in [-0.1, -0.05) is 242 Å². The lowest BCUT2D eigenvalue weighted by Crippen LogP contribution is -2.41. The van der Waals surface area contributed by atoms with Gasteiger partial charge in [-0.25, -0.2) is 15.0 Å². The van der Waals surface area contributed by atoms with Crippen molar-refractivity contribution in [3.05, 3.63) is 403 Å². The number of anilines is 6. The number of nitrogens with zero attached hydrogens (tertiary/aromatic N) is 10. The van der Waals surface area contributed by atoms with E-state index in [1.165, 1.54) is 44.5 Å². The van der Waals surface area contributed by atoms with E-state index >= 15 is 0 Å². The summed E-state index contributed by atoms with van der Waals surface area (Å²) < 4.78 is 17.9. The number of benzene rings is 12. The van der Waals surface area contributed by atoms with Crippen LogP contribution in [0.3, 0.4) is 0 Å². The van der Waals surface area contributed by atoms with Crippen LogP contribution >= 0.6 is 15.9 Å². The summed E-state index contributed by atoms with van der Waals surface area (Å²) in [5.41, 5.74) is 31.2. The number of rotatable bonds is 14. The number of imidazole rings is 2. The Balaban J connectivity index is 0.000000132. The number of aromatic nitrogens is 8. The number of fused-ring (bicyclic) bond motifs is 8. The van der Waals surface area contributed by atoms with Crippen molar-refractivity contribution in [2.75, 3.05) is 9.80 Å². The van der Waals surface area contributed by atoms with Gasteiger partial charge in [-0.05, 0) is 245 Å². The molecule has 0 N–H and O–H groups in total. The first-order valence-electron chi connectivity index (χ1n) is 41.7. The van der Waals surface area contributed by atoms with E-state index in [0.717, 1.165) is 134 Å². The van der Waals surface area contributed by atoms with E-state index in [1.54, 1.807) is 0 Å². The molecule has 21 rings (SSSR count). The Kier molecular flexibility index (Phi) is 21.5. The second-order valence-corrected chi connectivity index (χ2v) is 33.5. The summed E-state index contributed by atoms with van der Waals surface area (Å²) >= 11 is 3.37. The molecule has 14 heteroatoms. The Morgan fingerprint density at radius 2 is 0.615 bits per heavy atom. The maximum atomic E-state index is 6.37. The van der Waals surface area contributed by atoms with Gasteiger partial charge < -0.3 is 19.1 Å². The highest BCUT2D eigenvalue weighted by Crippen LogP contribution is 2.54. The summed E-state index contributed by atoms with van der Waals surface area (Å²) in [5, 5.41) is 0. The Labute approximate surface area is 722 Å². The average Bonchev–Trinajstić information content (AvgIpc) is 1.17. The van der Waals surface area contributed by atoms with Crippen molar-refractivity contribution in [1.82, 2.24) is 39.0 Å². The van der Waals surface area contributed by atoms with E-state index < -0.39 is 0 Å². The van der Waals surface area contributed by atoms with Crippen LogP contribution in [0.2, 0.25) is 0 Å². The molecule has 1 saturated heterocycles. The van der Waals surface area contributed by atoms with Crippen LogP contribution in [-0.4, -0.2) is 57.4 Å². The van der Waals surface area contributed by atoms with Crippen LogP contribution in [0.4, 0.5) is 34.1 Å². The predicted octanol–water partition coefficient (Wildman–Crippen LogP) is 27.3. The number of halogens is 1. The molecular weight excluding hydrogens is 1560 g/mol. The van der Waals surface area contributed by atoms with Crippen molar-refractivity contribution in [1.29, 1.82) is 0 Å². The van der Waals surface area contributed by atoms with Crippen LogP contribution < -0.4 is 15.3 Å². The molecule has 18 aromatic rings. The lowest BCUT2D eigenvalue weighted by molar-refractivity contribution is 0.00578. The van der Waals surface area contributed by atoms with Gasteiger partial charge in [-0.3, -0.25) is 24.1 Å². The van der Waals surface area contributed by atoms with Crippen molar-refractivity contribution in [2.45, 2.75) is 91.3 Å². The molecule has 12 aromatic carbocycles. The van der Waals surface area contributed by atoms with Gasteiger partial charge in [0.05, 0.1) is 39.0 Å². The SMILES string of the molecule is Brc1ccc(-c2ccc(-c3nc4ccccc4n3-c3ccccc3)nc2)cn1.CC.CC1(C)c2cc(-c3ccc(-c4ccc(-c5nc6ccccc6n5-c5ccccc5)nc4)cn3)ccc2-c2ccc(N(c3ccccc3)c3ccccc3)cc21.CC1(C)c2cc(B3OC(C)(C)C(C)(C)O3)ccc2-c2ccc(N(c3ccccc3)c3ccccc3)cc21. The molecule has 1 fully saturated rings. The Morgan fingerprint density at radius 1 is 0.295 bits per heavy atom. The highest BCUT2D eigenvalue weighted by atomic mass is 79.9. The fraction of sp³-hybridized carbons (Fsp3) is 0.130. The summed E-state index contributed by atoms with van der Waals surface area (Å²) in [5.74, 6) is 1.64. The standard InChI is InChI=1S/C50H37N5.C33H34BNO2.C23H15BrN4.C2H6/c1-50(2)43-30-34(22-26-41(43)42-27-25-40(31-44(42)50)54(37-14-6-3-7-15-37)38-16-8-4-9-17-38)45-28-23-35(32-51-45)36-24-29-47(52-33-36)49-53-46-20-12-13-21-48(46)55(49)39-18-10-5-11-19-39;1-31(2)29-21-23(34-36-32(3,4)33(5,6)37-34)17-19-27(29)28-20-18-26(22-30(28)31)35(24-13-9-7-10-14-24)25-15-11-8-12-16-25;24-22-13-11-17(15-26-22)16-10-12-20(25-14-16)23-27-19-8-4-5-9-21(19)28(23)18-6-2-1-3-7-18;1-2/h3-33H,1-2H3;7-22H,1-6H3;1-15H;1-2H3. The van der Waals surface area contributed by atoms with Gasteiger partial charge in [0.2, 0.25) is 0 Å². The van der Waals surface area contributed by atoms with E-state index in [9.17, 15) is 0 Å². The van der Waals surface area contributed by atoms with Crippen LogP contribution in [0.1, 0.15) is 91.5 Å². The quantitative estimate of drug-likeness (QED) is 0.0770. The maximum absolute atomic E-state index is 6.37. The van der Waals surface area contributed by atoms with E-state index in [1.807, 2.05) is 130 Å². The molecule has 1 aliphatic heterocycles. The molecule has 0 radical (unpaired) electrons. The third-order valence-corrected chi connectivity index (χ3v) is 24.5. The second-order valence-electron chi connectivity index (χ2n) is 32.7. The molecule has 0 saturated carbocycles. The van der Waals surface area contributed by atoms with Crippen molar-refractivity contribution in [3.8, 4) is 90.2 Å². The van der Waals surface area contributed by atoms with E-state index in [4.69, 9.17) is 34.2 Å². The molecule has 6 aromatic heterocycles. The first-order chi connectivity index (χ1) is 59.4. The van der Waals surface area contributed by atoms with Gasteiger partial charge in [-0.15, -0.1) is 0 Å². The van der Waals surface area contributed by atoms with Crippen molar-refractivity contribution in [3.63, 3.8) is 0 Å². The zero-order chi connectivity index (χ0) is 83.9. The summed E-state index contributed by atoms with van der Waals surface area (Å²) in [7, 11) is -0.364. The molecular formula is C108H92BBrN10O2. The number of hydrogen-bond acceptors (Lipinski definition) is 10. The molecule has 0 amide bonds. The van der Waals surface area contributed by atoms with Gasteiger partial charge in [0, 0.05) is 109 Å². The summed E-state index contributed by atoms with van der Waals surface area (Å²) in [4.78, 5) is 33.4. The Morgan fingerprint density at radius 3 is 0.992 bits per heavy atom. The highest BCUT2D eigenvalue weighted by molar-refractivity contribution is 9.10. The average molecular weight is 1650 g/mol. The molecule has 596 valence electrons. The molecule has 0 bridgehead atoms. The Bertz CT molecular complexity index is 6680. The van der Waals surface area contributed by atoms with E-state index in [-0.39, 0.29) is 29.2 Å². The van der Waals surface area contributed by atoms with Gasteiger partial charge in [0.15, 0.2) is 11.6 Å². The van der Waals surface area contributed by atoms with Crippen molar-refractivity contribution in [2.24, 2.45) is 0 Å². The zero-order valence-corrected chi connectivity index (χ0v) is 71.6. The third-order valence-electron chi connectivity index (χ3n) is 24.0. The fourth-order valence-electron chi connectivity index (χ4n) is 17.0. The number of pyridine rings is 4. The van der Waals surface area contributed by atoms with E-state index in [2.05, 4.69) is 356 Å². The molecule has 7 heterocycles. The molecule has 0 unspecified atom stereocenters. The van der Waals surface area contributed by atoms with Crippen LogP contribution in [0, 0.1) is 0 Å². The van der Waals surface area contributed by atoms with Gasteiger partial charge in [0.1, 0.15) is 16.0 Å². The molecule has 2 aliphatic carbocycles. The fourth-order valence-corrected chi connectivity index (χ4v) is 17.2. The monoisotopic (exact) mass is 1650 g/mol. The zero-order valence-electron chi connectivity index (χ0n) is 70.0. The summed E-state index contributed by atoms with van der Waals surface area (Å²) in [6.07, 6.45) is 7.57. The van der Waals surface area contributed by atoms with Gasteiger partial charge in [-0.2, -0.15) is 0 Å². The van der Waals surface area contributed by atoms with Crippen molar-refractivity contribution >= 4 is 84.7 Å². The molecule has 122 heavy (non-hydrogen) atoms. The molecule has 3 aliphatic rings. The normalized spacial score (nSPS) is 13.9. The lowest BCUT2D eigenvalue weighted by Gasteiger charge is -2.32. The smallest absolute Gasteiger partial charge is 0.399 e. The number of hydrogen-bond donors (Lipinski definition) is 0. The van der Waals surface area contributed by atoms with Crippen LogP contribution in [0.15, 0.2) is 381 Å². The Hall–Kier alpha value is -13.8. The number of para-hydroxylation sites is 10. The topological polar surface area (TPSA) is 112 Å². The predicted molar refractivity (Wildman–Crippen MR) is 506 cm³/mol. The first-order valence-corrected chi connectivity index (χ1v) is 42.5. The van der Waals surface area contributed by atoms with E-state index in [0.29, 0.717) is 0 Å². The maximum Gasteiger partial charge on any atom is 0.494 e. The van der Waals surface area contributed by atoms with Gasteiger partial charge >= 0.3 is 7.12 Å². The van der Waals surface area contributed by atoms with Crippen LogP contribution in [-0.2, 0) is 20.1 Å². The van der Waals surface area contributed by atoms with Crippen LogP contribution in [0.5, 0.6) is 0 Å². The van der Waals surface area contributed by atoms with Crippen LogP contribution in [0.25, 0.3) is 112 Å². The minimum Gasteiger partial charge on any atom is -0.399 e. The lowest BCUT2D eigenvalue weighted by atomic mass is 9.74. The second kappa shape index (κ2) is 33.1. The minimum atomic E-state index is -0.364. The minimum absolute atomic E-state index is 0.153. The summed E-state index contributed by atoms with van der Waals surface area (Å²) in [6.45, 7) is 21.7. The molecule has 0 spiro atoms. The first kappa shape index (κ1) is 79.4. The third kappa shape index (κ3) is 15.1. The van der Waals surface area contributed by atoms with Crippen molar-refractivity contribution < 1.29 is 9.31 Å². The van der Waals surface area contributed by atoms with Gasteiger partial charge in [0.25, 0.3) is 0 Å². The molecule has 12 nitrogen and oxygen atoms in total. The largest absolute Gasteiger partial charge is 0.494 e.